The second kappa shape index (κ2) is 8.35. The van der Waals surface area contributed by atoms with E-state index in [1.807, 2.05) is 18.2 Å². The molecule has 1 fully saturated rings. The Kier molecular flexibility index (Phi) is 5.48. The largest absolute Gasteiger partial charge is 0.349 e. The SMILES string of the molecule is O=C(NCC(c1ccccc1)N1CCCC1)c1ccn(-c2ccccc2F)n1. The maximum absolute atomic E-state index is 13.9. The number of rotatable bonds is 6. The quantitative estimate of drug-likeness (QED) is 0.713. The molecule has 6 heteroatoms. The first-order valence-electron chi connectivity index (χ1n) is 9.60. The molecule has 1 aromatic heterocycles. The average Bonchev–Trinajstić information content (AvgIpc) is 3.42. The van der Waals surface area contributed by atoms with Crippen LogP contribution in [0.1, 0.15) is 34.9 Å². The van der Waals surface area contributed by atoms with Crippen LogP contribution < -0.4 is 5.32 Å². The molecule has 0 saturated carbocycles. The molecule has 1 atom stereocenters. The monoisotopic (exact) mass is 378 g/mol. The Hall–Kier alpha value is -2.99. The predicted octanol–water partition coefficient (Wildman–Crippen LogP) is 3.58. The Balaban J connectivity index is 1.46. The second-order valence-electron chi connectivity index (χ2n) is 6.98. The molecule has 28 heavy (non-hydrogen) atoms. The van der Waals surface area contributed by atoms with Gasteiger partial charge in [-0.15, -0.1) is 0 Å². The zero-order valence-corrected chi connectivity index (χ0v) is 15.6. The third-order valence-corrected chi connectivity index (χ3v) is 5.14. The normalized spacial score (nSPS) is 15.5. The van der Waals surface area contributed by atoms with Crippen molar-refractivity contribution >= 4 is 5.91 Å². The number of amides is 1. The zero-order chi connectivity index (χ0) is 19.3. The molecule has 1 aliphatic heterocycles. The minimum Gasteiger partial charge on any atom is -0.349 e. The van der Waals surface area contributed by atoms with Gasteiger partial charge in [-0.2, -0.15) is 5.10 Å². The van der Waals surface area contributed by atoms with E-state index in [9.17, 15) is 9.18 Å². The number of benzene rings is 2. The molecule has 3 aromatic rings. The highest BCUT2D eigenvalue weighted by atomic mass is 19.1. The molecule has 5 nitrogen and oxygen atoms in total. The second-order valence-corrected chi connectivity index (χ2v) is 6.98. The Labute approximate surface area is 163 Å². The van der Waals surface area contributed by atoms with Gasteiger partial charge in [-0.05, 0) is 49.7 Å². The molecule has 1 amide bonds. The molecule has 2 aromatic carbocycles. The number of hydrogen-bond donors (Lipinski definition) is 1. The van der Waals surface area contributed by atoms with Gasteiger partial charge in [0.05, 0.1) is 6.04 Å². The fraction of sp³-hybridized carbons (Fsp3) is 0.273. The number of halogens is 1. The predicted molar refractivity (Wildman–Crippen MR) is 106 cm³/mol. The summed E-state index contributed by atoms with van der Waals surface area (Å²) >= 11 is 0. The van der Waals surface area contributed by atoms with Crippen LogP contribution in [0.5, 0.6) is 0 Å². The fourth-order valence-electron chi connectivity index (χ4n) is 3.68. The minimum absolute atomic E-state index is 0.140. The summed E-state index contributed by atoms with van der Waals surface area (Å²) in [4.78, 5) is 15.0. The summed E-state index contributed by atoms with van der Waals surface area (Å²) in [6.45, 7) is 2.59. The van der Waals surface area contributed by atoms with Gasteiger partial charge < -0.3 is 5.32 Å². The van der Waals surface area contributed by atoms with Crippen molar-refractivity contribution in [2.75, 3.05) is 19.6 Å². The summed E-state index contributed by atoms with van der Waals surface area (Å²) in [5.74, 6) is -0.633. The van der Waals surface area contributed by atoms with Gasteiger partial charge in [-0.1, -0.05) is 42.5 Å². The van der Waals surface area contributed by atoms with Gasteiger partial charge in [0.25, 0.3) is 5.91 Å². The molecular weight excluding hydrogens is 355 g/mol. The molecule has 1 saturated heterocycles. The lowest BCUT2D eigenvalue weighted by Gasteiger charge is -2.28. The summed E-state index contributed by atoms with van der Waals surface area (Å²) in [5.41, 5.74) is 1.79. The van der Waals surface area contributed by atoms with Crippen molar-refractivity contribution in [1.29, 1.82) is 0 Å². The van der Waals surface area contributed by atoms with Gasteiger partial charge in [0, 0.05) is 12.7 Å². The lowest BCUT2D eigenvalue weighted by molar-refractivity contribution is 0.0932. The van der Waals surface area contributed by atoms with Crippen molar-refractivity contribution in [3.8, 4) is 5.69 Å². The van der Waals surface area contributed by atoms with Gasteiger partial charge in [0.15, 0.2) is 5.69 Å². The molecule has 4 rings (SSSR count). The van der Waals surface area contributed by atoms with E-state index in [0.717, 1.165) is 13.1 Å². The number of hydrogen-bond acceptors (Lipinski definition) is 3. The summed E-state index contributed by atoms with van der Waals surface area (Å²) < 4.78 is 15.3. The molecule has 1 unspecified atom stereocenters. The van der Waals surface area contributed by atoms with Crippen LogP contribution >= 0.6 is 0 Å². The molecule has 0 radical (unpaired) electrons. The third-order valence-electron chi connectivity index (χ3n) is 5.14. The number of likely N-dealkylation sites (tertiary alicyclic amines) is 1. The highest BCUT2D eigenvalue weighted by molar-refractivity contribution is 5.92. The number of carbonyl (C=O) groups excluding carboxylic acids is 1. The van der Waals surface area contributed by atoms with Crippen molar-refractivity contribution in [1.82, 2.24) is 20.0 Å². The molecule has 0 spiro atoms. The molecule has 1 aliphatic rings. The van der Waals surface area contributed by atoms with Crippen LogP contribution in [0.15, 0.2) is 66.9 Å². The van der Waals surface area contributed by atoms with Crippen LogP contribution in [-0.4, -0.2) is 40.2 Å². The van der Waals surface area contributed by atoms with Crippen LogP contribution in [0.4, 0.5) is 4.39 Å². The van der Waals surface area contributed by atoms with Crippen LogP contribution in [0.3, 0.4) is 0 Å². The lowest BCUT2D eigenvalue weighted by atomic mass is 10.1. The van der Waals surface area contributed by atoms with E-state index in [1.54, 1.807) is 30.5 Å². The highest BCUT2D eigenvalue weighted by Gasteiger charge is 2.24. The van der Waals surface area contributed by atoms with Gasteiger partial charge in [-0.25, -0.2) is 9.07 Å². The maximum Gasteiger partial charge on any atom is 0.271 e. The van der Waals surface area contributed by atoms with Crippen LogP contribution in [0.25, 0.3) is 5.69 Å². The van der Waals surface area contributed by atoms with Gasteiger partial charge in [-0.3, -0.25) is 9.69 Å². The van der Waals surface area contributed by atoms with Gasteiger partial charge in [0.1, 0.15) is 11.5 Å². The summed E-state index contributed by atoms with van der Waals surface area (Å²) in [6, 6.07) is 18.4. The standard InChI is InChI=1S/C22H23FN4O/c23-18-10-4-5-11-20(18)27-15-12-19(25-27)22(28)24-16-21(26-13-6-7-14-26)17-8-2-1-3-9-17/h1-5,8-12,15,21H,6-7,13-14,16H2,(H,24,28). The topological polar surface area (TPSA) is 50.2 Å². The van der Waals surface area contributed by atoms with Gasteiger partial charge >= 0.3 is 0 Å². The lowest BCUT2D eigenvalue weighted by Crippen LogP contribution is -2.37. The van der Waals surface area contributed by atoms with Crippen LogP contribution in [0.2, 0.25) is 0 Å². The molecule has 1 N–H and O–H groups in total. The number of nitrogens with one attached hydrogen (secondary N) is 1. The van der Waals surface area contributed by atoms with E-state index >= 15 is 0 Å². The van der Waals surface area contributed by atoms with E-state index in [2.05, 4.69) is 27.4 Å². The fourth-order valence-corrected chi connectivity index (χ4v) is 3.68. The zero-order valence-electron chi connectivity index (χ0n) is 15.6. The number of nitrogens with zero attached hydrogens (tertiary/aromatic N) is 3. The van der Waals surface area contributed by atoms with Crippen molar-refractivity contribution in [3.05, 3.63) is 83.9 Å². The molecule has 0 bridgehead atoms. The number of carbonyl (C=O) groups is 1. The van der Waals surface area contributed by atoms with Crippen LogP contribution in [-0.2, 0) is 0 Å². The first kappa shape index (κ1) is 18.4. The summed E-state index contributed by atoms with van der Waals surface area (Å²) in [5, 5.41) is 7.24. The highest BCUT2D eigenvalue weighted by Crippen LogP contribution is 2.24. The first-order chi connectivity index (χ1) is 13.7. The van der Waals surface area contributed by atoms with E-state index < -0.39 is 0 Å². The van der Waals surface area contributed by atoms with Crippen molar-refractivity contribution in [2.24, 2.45) is 0 Å². The smallest absolute Gasteiger partial charge is 0.271 e. The van der Waals surface area contributed by atoms with Crippen molar-refractivity contribution < 1.29 is 9.18 Å². The Morgan fingerprint density at radius 1 is 1.04 bits per heavy atom. The summed E-state index contributed by atoms with van der Waals surface area (Å²) in [6.07, 6.45) is 3.97. The number of para-hydroxylation sites is 1. The molecular formula is C22H23FN4O. The molecule has 144 valence electrons. The molecule has 0 aliphatic carbocycles. The van der Waals surface area contributed by atoms with Gasteiger partial charge in [0.2, 0.25) is 0 Å². The third kappa shape index (κ3) is 3.97. The van der Waals surface area contributed by atoms with Crippen molar-refractivity contribution in [2.45, 2.75) is 18.9 Å². The van der Waals surface area contributed by atoms with Crippen LogP contribution in [0, 0.1) is 5.82 Å². The van der Waals surface area contributed by atoms with E-state index in [1.165, 1.54) is 29.2 Å². The van der Waals surface area contributed by atoms with E-state index in [0.29, 0.717) is 12.2 Å². The average molecular weight is 378 g/mol. The molecule has 2 heterocycles. The van der Waals surface area contributed by atoms with Crippen molar-refractivity contribution in [3.63, 3.8) is 0 Å². The van der Waals surface area contributed by atoms with E-state index in [-0.39, 0.29) is 23.5 Å². The summed E-state index contributed by atoms with van der Waals surface area (Å²) in [7, 11) is 0. The Morgan fingerprint density at radius 3 is 2.50 bits per heavy atom. The van der Waals surface area contributed by atoms with E-state index in [4.69, 9.17) is 0 Å². The Bertz CT molecular complexity index is 934. The minimum atomic E-state index is -0.379. The maximum atomic E-state index is 13.9. The first-order valence-corrected chi connectivity index (χ1v) is 9.60. The number of aromatic nitrogens is 2. The Morgan fingerprint density at radius 2 is 1.75 bits per heavy atom.